The van der Waals surface area contributed by atoms with Crippen LogP contribution in [0.15, 0.2) is 91.0 Å². The number of hydrogen-bond acceptors (Lipinski definition) is 0. The Morgan fingerprint density at radius 1 is 0.815 bits per heavy atom. The van der Waals surface area contributed by atoms with Gasteiger partial charge >= 0.3 is 0 Å². The molecular formula is C25H28P2. The molecule has 1 aliphatic rings. The Balaban J connectivity index is 1.58. The van der Waals surface area contributed by atoms with Gasteiger partial charge in [0.15, 0.2) is 0 Å². The Labute approximate surface area is 166 Å². The van der Waals surface area contributed by atoms with Crippen LogP contribution in [0, 0.1) is 0 Å². The van der Waals surface area contributed by atoms with Crippen LogP contribution in [0.3, 0.4) is 0 Å². The topological polar surface area (TPSA) is 0 Å². The molecular weight excluding hydrogens is 362 g/mol. The van der Waals surface area contributed by atoms with E-state index in [0.29, 0.717) is 5.66 Å². The van der Waals surface area contributed by atoms with Gasteiger partial charge in [-0.2, -0.15) is 0 Å². The Morgan fingerprint density at radius 2 is 1.33 bits per heavy atom. The predicted octanol–water partition coefficient (Wildman–Crippen LogP) is 5.87. The van der Waals surface area contributed by atoms with E-state index in [2.05, 4.69) is 97.9 Å². The minimum absolute atomic E-state index is 0.0116. The van der Waals surface area contributed by atoms with Crippen LogP contribution in [0.4, 0.5) is 0 Å². The van der Waals surface area contributed by atoms with Crippen molar-refractivity contribution >= 4 is 31.8 Å². The largest absolute Gasteiger partial charge is 0.0721 e. The minimum atomic E-state index is -0.306. The molecule has 0 N–H and O–H groups in total. The lowest BCUT2D eigenvalue weighted by molar-refractivity contribution is 0.706. The maximum absolute atomic E-state index is 2.50. The van der Waals surface area contributed by atoms with Crippen LogP contribution in [0.5, 0.6) is 0 Å². The number of hydrogen-bond donors (Lipinski definition) is 0. The third-order valence-electron chi connectivity index (χ3n) is 5.59. The summed E-state index contributed by atoms with van der Waals surface area (Å²) in [5.41, 5.74) is 1.59. The molecule has 0 unspecified atom stereocenters. The van der Waals surface area contributed by atoms with E-state index < -0.39 is 0 Å². The standard InChI is InChI=1S/C25H28P2/c1-21(20-25-18-11-19-26(25)22-12-5-2-6-13-22)27(23-14-7-3-8-15-23)24-16-9-4-10-17-24/h2-10,12-17,21,25H,11,18-20H2,1H3/t21-,25-,26+/m1/s1. The zero-order valence-corrected chi connectivity index (χ0v) is 17.8. The van der Waals surface area contributed by atoms with Gasteiger partial charge in [-0.25, -0.2) is 0 Å². The van der Waals surface area contributed by atoms with Gasteiger partial charge in [-0.1, -0.05) is 106 Å². The van der Waals surface area contributed by atoms with Gasteiger partial charge in [0.2, 0.25) is 0 Å². The van der Waals surface area contributed by atoms with E-state index in [4.69, 9.17) is 0 Å². The quantitative estimate of drug-likeness (QED) is 0.462. The molecule has 27 heavy (non-hydrogen) atoms. The molecule has 0 aromatic heterocycles. The first-order chi connectivity index (χ1) is 13.3. The molecule has 1 fully saturated rings. The lowest BCUT2D eigenvalue weighted by Gasteiger charge is -2.30. The highest BCUT2D eigenvalue weighted by molar-refractivity contribution is 7.73. The van der Waals surface area contributed by atoms with Gasteiger partial charge < -0.3 is 0 Å². The third kappa shape index (κ3) is 4.51. The van der Waals surface area contributed by atoms with Crippen LogP contribution in [0.1, 0.15) is 26.2 Å². The van der Waals surface area contributed by atoms with Crippen molar-refractivity contribution in [2.24, 2.45) is 0 Å². The first kappa shape index (κ1) is 18.9. The van der Waals surface area contributed by atoms with Crippen molar-refractivity contribution in [3.05, 3.63) is 91.0 Å². The molecule has 0 spiro atoms. The monoisotopic (exact) mass is 390 g/mol. The summed E-state index contributed by atoms with van der Waals surface area (Å²) in [5.74, 6) is 0. The van der Waals surface area contributed by atoms with Gasteiger partial charge in [0.25, 0.3) is 0 Å². The highest BCUT2D eigenvalue weighted by Crippen LogP contribution is 2.53. The van der Waals surface area contributed by atoms with Crippen LogP contribution in [-0.2, 0) is 0 Å². The summed E-state index contributed by atoms with van der Waals surface area (Å²) in [7, 11) is -0.294. The Morgan fingerprint density at radius 3 is 1.89 bits per heavy atom. The van der Waals surface area contributed by atoms with Crippen molar-refractivity contribution in [3.63, 3.8) is 0 Å². The average molecular weight is 390 g/mol. The summed E-state index contributed by atoms with van der Waals surface area (Å²) in [4.78, 5) is 0. The first-order valence-corrected chi connectivity index (χ1v) is 13.0. The molecule has 0 bridgehead atoms. The second-order valence-electron chi connectivity index (χ2n) is 7.45. The molecule has 0 aliphatic carbocycles. The van der Waals surface area contributed by atoms with E-state index in [1.54, 1.807) is 5.30 Å². The molecule has 1 heterocycles. The van der Waals surface area contributed by atoms with Crippen LogP contribution >= 0.6 is 15.8 Å². The fourth-order valence-electron chi connectivity index (χ4n) is 4.37. The van der Waals surface area contributed by atoms with Crippen molar-refractivity contribution in [2.45, 2.75) is 37.5 Å². The minimum Gasteiger partial charge on any atom is -0.0721 e. The molecule has 4 rings (SSSR count). The summed E-state index contributed by atoms with van der Waals surface area (Å²) in [5, 5.41) is 4.66. The number of rotatable bonds is 6. The van der Waals surface area contributed by atoms with Gasteiger partial charge in [-0.3, -0.25) is 0 Å². The van der Waals surface area contributed by atoms with Crippen molar-refractivity contribution < 1.29 is 0 Å². The Hall–Kier alpha value is -1.48. The Bertz CT molecular complexity index is 777. The maximum atomic E-state index is 2.50. The fourth-order valence-corrected chi connectivity index (χ4v) is 10.5. The maximum Gasteiger partial charge on any atom is -0.0151 e. The van der Waals surface area contributed by atoms with Crippen molar-refractivity contribution in [3.8, 4) is 0 Å². The highest BCUT2D eigenvalue weighted by atomic mass is 31.1. The molecule has 3 aromatic carbocycles. The molecule has 0 amide bonds. The normalized spacial score (nSPS) is 20.7. The van der Waals surface area contributed by atoms with Crippen LogP contribution in [0.25, 0.3) is 0 Å². The molecule has 3 atom stereocenters. The molecule has 1 saturated heterocycles. The van der Waals surface area contributed by atoms with Crippen LogP contribution in [0.2, 0.25) is 0 Å². The van der Waals surface area contributed by atoms with Crippen molar-refractivity contribution in [1.82, 2.24) is 0 Å². The molecule has 2 heteroatoms. The molecule has 3 aromatic rings. The van der Waals surface area contributed by atoms with Gasteiger partial charge in [0, 0.05) is 0 Å². The second kappa shape index (κ2) is 9.14. The predicted molar refractivity (Wildman–Crippen MR) is 124 cm³/mol. The van der Waals surface area contributed by atoms with Gasteiger partial charge in [0.1, 0.15) is 0 Å². The second-order valence-corrected chi connectivity index (χ2v) is 12.7. The summed E-state index contributed by atoms with van der Waals surface area (Å²) >= 11 is 0. The van der Waals surface area contributed by atoms with Crippen molar-refractivity contribution in [2.75, 3.05) is 6.16 Å². The molecule has 1 aliphatic heterocycles. The van der Waals surface area contributed by atoms with E-state index in [-0.39, 0.29) is 15.8 Å². The zero-order chi connectivity index (χ0) is 18.5. The lowest BCUT2D eigenvalue weighted by Crippen LogP contribution is -2.23. The van der Waals surface area contributed by atoms with Crippen molar-refractivity contribution in [1.29, 1.82) is 0 Å². The SMILES string of the molecule is C[C@H](C[C@H]1CCC[P@@]1c1ccccc1)P(c1ccccc1)c1ccccc1. The Kier molecular flexibility index (Phi) is 6.39. The van der Waals surface area contributed by atoms with E-state index >= 15 is 0 Å². The highest BCUT2D eigenvalue weighted by Gasteiger charge is 2.32. The molecule has 0 radical (unpaired) electrons. The van der Waals surface area contributed by atoms with Gasteiger partial charge in [0.05, 0.1) is 0 Å². The lowest BCUT2D eigenvalue weighted by atomic mass is 10.2. The fraction of sp³-hybridized carbons (Fsp3) is 0.280. The summed E-state index contributed by atoms with van der Waals surface area (Å²) < 4.78 is 0. The van der Waals surface area contributed by atoms with E-state index in [0.717, 1.165) is 5.66 Å². The molecule has 0 saturated carbocycles. The van der Waals surface area contributed by atoms with Crippen LogP contribution < -0.4 is 15.9 Å². The van der Waals surface area contributed by atoms with E-state index in [9.17, 15) is 0 Å². The van der Waals surface area contributed by atoms with Gasteiger partial charge in [-0.05, 0) is 60.6 Å². The average Bonchev–Trinajstić information content (AvgIpc) is 3.18. The van der Waals surface area contributed by atoms with E-state index in [1.165, 1.54) is 36.0 Å². The summed E-state index contributed by atoms with van der Waals surface area (Å²) in [6.07, 6.45) is 5.60. The zero-order valence-electron chi connectivity index (χ0n) is 16.0. The summed E-state index contributed by atoms with van der Waals surface area (Å²) in [6, 6.07) is 33.8. The molecule has 138 valence electrons. The third-order valence-corrected chi connectivity index (χ3v) is 11.5. The first-order valence-electron chi connectivity index (χ1n) is 10.0. The number of benzene rings is 3. The van der Waals surface area contributed by atoms with E-state index in [1.807, 2.05) is 0 Å². The molecule has 0 nitrogen and oxygen atoms in total. The van der Waals surface area contributed by atoms with Gasteiger partial charge in [-0.15, -0.1) is 0 Å². The smallest absolute Gasteiger partial charge is 0.0151 e. The summed E-state index contributed by atoms with van der Waals surface area (Å²) in [6.45, 7) is 2.50. The van der Waals surface area contributed by atoms with Crippen LogP contribution in [-0.4, -0.2) is 17.5 Å².